The van der Waals surface area contributed by atoms with Crippen LogP contribution in [0.25, 0.3) is 0 Å². The van der Waals surface area contributed by atoms with Crippen molar-refractivity contribution in [2.24, 2.45) is 0 Å². The minimum absolute atomic E-state index is 0.0322. The molecule has 3 nitrogen and oxygen atoms in total. The average Bonchev–Trinajstić information content (AvgIpc) is 3.15. The Balaban J connectivity index is 1.55. The Bertz CT molecular complexity index is 405. The SMILES string of the molecule is O=C(NCCCCc1ccccc1Cl)NC1CC1. The highest BCUT2D eigenvalue weighted by Gasteiger charge is 2.22. The second-order valence-corrected chi connectivity index (χ2v) is 5.13. The fourth-order valence-electron chi connectivity index (χ4n) is 1.81. The second-order valence-electron chi connectivity index (χ2n) is 4.72. The minimum atomic E-state index is -0.0322. The van der Waals surface area contributed by atoms with E-state index in [1.807, 2.05) is 18.2 Å². The van der Waals surface area contributed by atoms with Gasteiger partial charge in [-0.15, -0.1) is 0 Å². The van der Waals surface area contributed by atoms with Gasteiger partial charge >= 0.3 is 6.03 Å². The molecular formula is C14H19ClN2O. The van der Waals surface area contributed by atoms with Gasteiger partial charge in [-0.2, -0.15) is 0 Å². The molecule has 18 heavy (non-hydrogen) atoms. The fraction of sp³-hybridized carbons (Fsp3) is 0.500. The predicted molar refractivity (Wildman–Crippen MR) is 73.9 cm³/mol. The third kappa shape index (κ3) is 4.57. The van der Waals surface area contributed by atoms with Crippen LogP contribution < -0.4 is 10.6 Å². The average molecular weight is 267 g/mol. The Labute approximate surface area is 113 Å². The van der Waals surface area contributed by atoms with Gasteiger partial charge in [0.05, 0.1) is 0 Å². The number of carbonyl (C=O) groups is 1. The topological polar surface area (TPSA) is 41.1 Å². The lowest BCUT2D eigenvalue weighted by Crippen LogP contribution is -2.37. The van der Waals surface area contributed by atoms with Gasteiger partial charge in [0.2, 0.25) is 0 Å². The minimum Gasteiger partial charge on any atom is -0.338 e. The third-order valence-electron chi connectivity index (χ3n) is 3.03. The number of benzene rings is 1. The monoisotopic (exact) mass is 266 g/mol. The second kappa shape index (κ2) is 6.64. The van der Waals surface area contributed by atoms with Crippen LogP contribution in [-0.2, 0) is 6.42 Å². The normalized spacial score (nSPS) is 14.3. The summed E-state index contributed by atoms with van der Waals surface area (Å²) >= 11 is 6.07. The van der Waals surface area contributed by atoms with Crippen molar-refractivity contribution < 1.29 is 4.79 Å². The molecule has 2 rings (SSSR count). The van der Waals surface area contributed by atoms with Gasteiger partial charge in [0.15, 0.2) is 0 Å². The molecule has 2 N–H and O–H groups in total. The highest BCUT2D eigenvalue weighted by atomic mass is 35.5. The van der Waals surface area contributed by atoms with E-state index < -0.39 is 0 Å². The molecule has 0 spiro atoms. The van der Waals surface area contributed by atoms with Crippen LogP contribution in [0.2, 0.25) is 5.02 Å². The number of hydrogen-bond acceptors (Lipinski definition) is 1. The molecule has 0 radical (unpaired) electrons. The zero-order valence-electron chi connectivity index (χ0n) is 10.4. The quantitative estimate of drug-likeness (QED) is 0.763. The molecule has 0 aliphatic heterocycles. The van der Waals surface area contributed by atoms with Gasteiger partial charge in [0.25, 0.3) is 0 Å². The Kier molecular flexibility index (Phi) is 4.88. The van der Waals surface area contributed by atoms with Crippen LogP contribution in [0.15, 0.2) is 24.3 Å². The van der Waals surface area contributed by atoms with E-state index in [4.69, 9.17) is 11.6 Å². The fourth-order valence-corrected chi connectivity index (χ4v) is 2.04. The maximum absolute atomic E-state index is 11.3. The molecule has 1 aromatic rings. The molecule has 0 aromatic heterocycles. The number of unbranched alkanes of at least 4 members (excludes halogenated alkanes) is 1. The molecule has 1 aliphatic carbocycles. The largest absolute Gasteiger partial charge is 0.338 e. The first-order valence-corrected chi connectivity index (χ1v) is 6.91. The van der Waals surface area contributed by atoms with Crippen molar-refractivity contribution in [1.29, 1.82) is 0 Å². The Morgan fingerprint density at radius 2 is 2.06 bits per heavy atom. The van der Waals surface area contributed by atoms with Gasteiger partial charge in [0, 0.05) is 17.6 Å². The Morgan fingerprint density at radius 1 is 1.28 bits per heavy atom. The number of halogens is 1. The van der Waals surface area contributed by atoms with E-state index in [2.05, 4.69) is 16.7 Å². The van der Waals surface area contributed by atoms with Gasteiger partial charge in [-0.25, -0.2) is 4.79 Å². The van der Waals surface area contributed by atoms with Crippen LogP contribution in [0.4, 0.5) is 4.79 Å². The lowest BCUT2D eigenvalue weighted by Gasteiger charge is -2.07. The summed E-state index contributed by atoms with van der Waals surface area (Å²) in [6.07, 6.45) is 5.22. The summed E-state index contributed by atoms with van der Waals surface area (Å²) in [5.74, 6) is 0. The molecule has 1 fully saturated rings. The predicted octanol–water partition coefficient (Wildman–Crippen LogP) is 3.12. The zero-order chi connectivity index (χ0) is 12.8. The molecule has 2 amide bonds. The number of amides is 2. The molecule has 0 heterocycles. The summed E-state index contributed by atoms with van der Waals surface area (Å²) in [7, 11) is 0. The van der Waals surface area contributed by atoms with E-state index in [9.17, 15) is 4.79 Å². The van der Waals surface area contributed by atoms with E-state index in [1.165, 1.54) is 5.56 Å². The maximum Gasteiger partial charge on any atom is 0.315 e. The van der Waals surface area contributed by atoms with E-state index in [0.717, 1.165) is 43.7 Å². The molecule has 0 unspecified atom stereocenters. The van der Waals surface area contributed by atoms with E-state index in [-0.39, 0.29) is 6.03 Å². The number of aryl methyl sites for hydroxylation is 1. The van der Waals surface area contributed by atoms with Crippen molar-refractivity contribution >= 4 is 17.6 Å². The first-order chi connectivity index (χ1) is 8.75. The van der Waals surface area contributed by atoms with Gasteiger partial charge in [0.1, 0.15) is 0 Å². The molecule has 1 aromatic carbocycles. The summed E-state index contributed by atoms with van der Waals surface area (Å²) < 4.78 is 0. The zero-order valence-corrected chi connectivity index (χ0v) is 11.2. The molecule has 4 heteroatoms. The van der Waals surface area contributed by atoms with Crippen molar-refractivity contribution in [2.45, 2.75) is 38.1 Å². The summed E-state index contributed by atoms with van der Waals surface area (Å²) in [6, 6.07) is 8.30. The molecule has 1 saturated carbocycles. The van der Waals surface area contributed by atoms with Crippen molar-refractivity contribution in [3.63, 3.8) is 0 Å². The number of carbonyl (C=O) groups excluding carboxylic acids is 1. The first kappa shape index (κ1) is 13.2. The molecule has 0 bridgehead atoms. The number of rotatable bonds is 6. The standard InChI is InChI=1S/C14H19ClN2O/c15-13-7-2-1-5-11(13)6-3-4-10-16-14(18)17-12-8-9-12/h1-2,5,7,12H,3-4,6,8-10H2,(H2,16,17,18). The van der Waals surface area contributed by atoms with Crippen molar-refractivity contribution in [2.75, 3.05) is 6.54 Å². The lowest BCUT2D eigenvalue weighted by molar-refractivity contribution is 0.240. The van der Waals surface area contributed by atoms with Gasteiger partial charge in [-0.1, -0.05) is 29.8 Å². The maximum atomic E-state index is 11.3. The van der Waals surface area contributed by atoms with Crippen LogP contribution in [0, 0.1) is 0 Å². The highest BCUT2D eigenvalue weighted by Crippen LogP contribution is 2.18. The number of nitrogens with one attached hydrogen (secondary N) is 2. The molecule has 0 atom stereocenters. The van der Waals surface area contributed by atoms with Crippen molar-refractivity contribution in [3.8, 4) is 0 Å². The lowest BCUT2D eigenvalue weighted by atomic mass is 10.1. The van der Waals surface area contributed by atoms with Gasteiger partial charge < -0.3 is 10.6 Å². The van der Waals surface area contributed by atoms with Crippen LogP contribution in [0.5, 0.6) is 0 Å². The molecule has 98 valence electrons. The first-order valence-electron chi connectivity index (χ1n) is 6.53. The third-order valence-corrected chi connectivity index (χ3v) is 3.40. The smallest absolute Gasteiger partial charge is 0.315 e. The summed E-state index contributed by atoms with van der Waals surface area (Å²) in [4.78, 5) is 11.3. The Morgan fingerprint density at radius 3 is 2.78 bits per heavy atom. The van der Waals surface area contributed by atoms with Crippen LogP contribution in [-0.4, -0.2) is 18.6 Å². The van der Waals surface area contributed by atoms with Crippen LogP contribution in [0.3, 0.4) is 0 Å². The summed E-state index contributed by atoms with van der Waals surface area (Å²) in [5, 5.41) is 6.60. The van der Waals surface area contributed by atoms with E-state index in [0.29, 0.717) is 6.04 Å². The highest BCUT2D eigenvalue weighted by molar-refractivity contribution is 6.31. The summed E-state index contributed by atoms with van der Waals surface area (Å²) in [5.41, 5.74) is 1.18. The molecule has 0 saturated heterocycles. The van der Waals surface area contributed by atoms with Gasteiger partial charge in [-0.3, -0.25) is 0 Å². The van der Waals surface area contributed by atoms with Crippen LogP contribution in [0.1, 0.15) is 31.2 Å². The van der Waals surface area contributed by atoms with Crippen molar-refractivity contribution in [1.82, 2.24) is 10.6 Å². The van der Waals surface area contributed by atoms with Crippen LogP contribution >= 0.6 is 11.6 Å². The Hall–Kier alpha value is -1.22. The van der Waals surface area contributed by atoms with Gasteiger partial charge in [-0.05, 0) is 43.7 Å². The number of urea groups is 1. The van der Waals surface area contributed by atoms with E-state index >= 15 is 0 Å². The molecular weight excluding hydrogens is 248 g/mol. The molecule has 1 aliphatic rings. The summed E-state index contributed by atoms with van der Waals surface area (Å²) in [6.45, 7) is 0.725. The van der Waals surface area contributed by atoms with E-state index in [1.54, 1.807) is 0 Å². The van der Waals surface area contributed by atoms with Crippen molar-refractivity contribution in [3.05, 3.63) is 34.9 Å². The number of hydrogen-bond donors (Lipinski definition) is 2.